The monoisotopic (exact) mass is 277 g/mol. The summed E-state index contributed by atoms with van der Waals surface area (Å²) in [4.78, 5) is 18.5. The Balaban J connectivity index is 2.16. The van der Waals surface area contributed by atoms with Gasteiger partial charge < -0.3 is 15.7 Å². The van der Waals surface area contributed by atoms with Gasteiger partial charge in [0, 0.05) is 24.3 Å². The normalized spacial score (nSPS) is 23.4. The van der Waals surface area contributed by atoms with Crippen molar-refractivity contribution in [2.45, 2.75) is 45.1 Å². The number of aromatic nitrogens is 1. The van der Waals surface area contributed by atoms with Gasteiger partial charge in [0.1, 0.15) is 5.82 Å². The maximum atomic E-state index is 12.5. The van der Waals surface area contributed by atoms with Crippen molar-refractivity contribution in [3.05, 3.63) is 23.4 Å². The summed E-state index contributed by atoms with van der Waals surface area (Å²) in [5.41, 5.74) is 6.51. The molecule has 1 aromatic heterocycles. The molecule has 20 heavy (non-hydrogen) atoms. The average molecular weight is 277 g/mol. The molecule has 5 heteroatoms. The number of anilines is 1. The summed E-state index contributed by atoms with van der Waals surface area (Å²) in [6.07, 6.45) is 2.91. The highest BCUT2D eigenvalue weighted by Crippen LogP contribution is 2.22. The third-order valence-electron chi connectivity index (χ3n) is 3.86. The van der Waals surface area contributed by atoms with Crippen molar-refractivity contribution >= 4 is 11.7 Å². The Bertz CT molecular complexity index is 500. The number of carbonyl (C=O) groups excluding carboxylic acids is 1. The number of carbonyl (C=O) groups is 1. The molecule has 2 heterocycles. The fourth-order valence-electron chi connectivity index (χ4n) is 2.56. The minimum atomic E-state index is -0.666. The smallest absolute Gasteiger partial charge is 0.254 e. The van der Waals surface area contributed by atoms with Crippen molar-refractivity contribution < 1.29 is 9.90 Å². The molecule has 3 N–H and O–H groups in total. The van der Waals surface area contributed by atoms with E-state index in [0.717, 1.165) is 25.0 Å². The van der Waals surface area contributed by atoms with Gasteiger partial charge in [-0.2, -0.15) is 0 Å². The molecular formula is C15H23N3O2. The number of hydrogen-bond acceptors (Lipinski definition) is 4. The minimum Gasteiger partial charge on any atom is -0.390 e. The minimum absolute atomic E-state index is 0.0218. The van der Waals surface area contributed by atoms with Crippen molar-refractivity contribution in [3.63, 3.8) is 0 Å². The molecule has 1 aliphatic heterocycles. The lowest BCUT2D eigenvalue weighted by atomic mass is 9.98. The number of likely N-dealkylation sites (tertiary alicyclic amines) is 1. The van der Waals surface area contributed by atoms with Crippen molar-refractivity contribution in [2.75, 3.05) is 18.8 Å². The molecule has 1 atom stereocenters. The summed E-state index contributed by atoms with van der Waals surface area (Å²) in [7, 11) is 0. The largest absolute Gasteiger partial charge is 0.390 e. The van der Waals surface area contributed by atoms with E-state index in [4.69, 9.17) is 5.73 Å². The Morgan fingerprint density at radius 1 is 1.45 bits per heavy atom. The highest BCUT2D eigenvalue weighted by molar-refractivity contribution is 5.95. The van der Waals surface area contributed by atoms with Gasteiger partial charge in [0.25, 0.3) is 5.91 Å². The van der Waals surface area contributed by atoms with E-state index < -0.39 is 5.60 Å². The zero-order chi connectivity index (χ0) is 14.8. The molecule has 0 aliphatic carbocycles. The van der Waals surface area contributed by atoms with Crippen molar-refractivity contribution in [1.29, 1.82) is 0 Å². The van der Waals surface area contributed by atoms with E-state index in [-0.39, 0.29) is 5.91 Å². The highest BCUT2D eigenvalue weighted by atomic mass is 16.3. The number of pyridine rings is 1. The molecule has 2 rings (SSSR count). The second-order valence-corrected chi connectivity index (χ2v) is 5.77. The third kappa shape index (κ3) is 3.48. The quantitative estimate of drug-likeness (QED) is 0.860. The van der Waals surface area contributed by atoms with E-state index in [0.29, 0.717) is 30.9 Å². The first kappa shape index (κ1) is 14.8. The van der Waals surface area contributed by atoms with Crippen LogP contribution >= 0.6 is 0 Å². The van der Waals surface area contributed by atoms with E-state index >= 15 is 0 Å². The predicted octanol–water partition coefficient (Wildman–Crippen LogP) is 1.60. The first-order valence-electron chi connectivity index (χ1n) is 7.19. The number of nitrogens with zero attached hydrogens (tertiary/aromatic N) is 2. The van der Waals surface area contributed by atoms with Crippen LogP contribution < -0.4 is 5.73 Å². The number of nitrogens with two attached hydrogens (primary N) is 1. The van der Waals surface area contributed by atoms with Crippen LogP contribution in [-0.2, 0) is 6.42 Å². The van der Waals surface area contributed by atoms with Crippen molar-refractivity contribution in [2.24, 2.45) is 0 Å². The molecule has 0 spiro atoms. The lowest BCUT2D eigenvalue weighted by Gasteiger charge is -2.23. The Morgan fingerprint density at radius 3 is 2.90 bits per heavy atom. The molecule has 0 aromatic carbocycles. The lowest BCUT2D eigenvalue weighted by molar-refractivity contribution is 0.0438. The van der Waals surface area contributed by atoms with E-state index in [9.17, 15) is 9.90 Å². The maximum absolute atomic E-state index is 12.5. The van der Waals surface area contributed by atoms with Gasteiger partial charge in [0.15, 0.2) is 0 Å². The Morgan fingerprint density at radius 2 is 2.20 bits per heavy atom. The second kappa shape index (κ2) is 5.79. The molecular weight excluding hydrogens is 254 g/mol. The van der Waals surface area contributed by atoms with Gasteiger partial charge in [0.2, 0.25) is 0 Å². The van der Waals surface area contributed by atoms with Gasteiger partial charge in [-0.3, -0.25) is 4.79 Å². The maximum Gasteiger partial charge on any atom is 0.254 e. The van der Waals surface area contributed by atoms with Crippen LogP contribution in [0.3, 0.4) is 0 Å². The zero-order valence-electron chi connectivity index (χ0n) is 12.2. The standard InChI is InChI=1S/C15H23N3O2/c1-3-12-9-11(10-13(16)17-12)14(19)18-7-4-5-15(2,20)6-8-18/h9-10,20H,3-8H2,1-2H3,(H2,16,17). The molecule has 0 saturated carbocycles. The van der Waals surface area contributed by atoms with Gasteiger partial charge in [-0.15, -0.1) is 0 Å². The van der Waals surface area contributed by atoms with Gasteiger partial charge in [0.05, 0.1) is 5.60 Å². The molecule has 1 aromatic rings. The molecule has 0 radical (unpaired) electrons. The summed E-state index contributed by atoms with van der Waals surface area (Å²) in [6, 6.07) is 3.44. The van der Waals surface area contributed by atoms with Crippen LogP contribution in [0.1, 0.15) is 49.2 Å². The van der Waals surface area contributed by atoms with Gasteiger partial charge in [-0.05, 0) is 44.7 Å². The van der Waals surface area contributed by atoms with Crippen LogP contribution in [-0.4, -0.2) is 39.6 Å². The summed E-state index contributed by atoms with van der Waals surface area (Å²) >= 11 is 0. The van der Waals surface area contributed by atoms with Crippen LogP contribution in [0.4, 0.5) is 5.82 Å². The molecule has 1 saturated heterocycles. The Hall–Kier alpha value is -1.62. The van der Waals surface area contributed by atoms with Gasteiger partial charge in [-0.25, -0.2) is 4.98 Å². The Kier molecular flexibility index (Phi) is 4.28. The van der Waals surface area contributed by atoms with Crippen LogP contribution in [0.15, 0.2) is 12.1 Å². The summed E-state index contributed by atoms with van der Waals surface area (Å²) in [5.74, 6) is 0.362. The third-order valence-corrected chi connectivity index (χ3v) is 3.86. The number of aryl methyl sites for hydroxylation is 1. The summed E-state index contributed by atoms with van der Waals surface area (Å²) in [5, 5.41) is 10.1. The first-order chi connectivity index (χ1) is 9.41. The fraction of sp³-hybridized carbons (Fsp3) is 0.600. The van der Waals surface area contributed by atoms with E-state index in [1.54, 1.807) is 11.0 Å². The summed E-state index contributed by atoms with van der Waals surface area (Å²) in [6.45, 7) is 5.08. The number of amides is 1. The molecule has 5 nitrogen and oxygen atoms in total. The van der Waals surface area contributed by atoms with Gasteiger partial charge in [-0.1, -0.05) is 6.92 Å². The topological polar surface area (TPSA) is 79.5 Å². The molecule has 1 aliphatic rings. The molecule has 1 fully saturated rings. The van der Waals surface area contributed by atoms with Crippen molar-refractivity contribution in [1.82, 2.24) is 9.88 Å². The van der Waals surface area contributed by atoms with Gasteiger partial charge >= 0.3 is 0 Å². The molecule has 110 valence electrons. The fourth-order valence-corrected chi connectivity index (χ4v) is 2.56. The Labute approximate surface area is 119 Å². The SMILES string of the molecule is CCc1cc(C(=O)N2CCCC(C)(O)CC2)cc(N)n1. The average Bonchev–Trinajstić information content (AvgIpc) is 2.58. The predicted molar refractivity (Wildman–Crippen MR) is 78.4 cm³/mol. The zero-order valence-corrected chi connectivity index (χ0v) is 12.2. The van der Waals surface area contributed by atoms with Crippen LogP contribution in [0, 0.1) is 0 Å². The number of nitrogen functional groups attached to an aromatic ring is 1. The van der Waals surface area contributed by atoms with Crippen LogP contribution in [0.25, 0.3) is 0 Å². The van der Waals surface area contributed by atoms with Crippen molar-refractivity contribution in [3.8, 4) is 0 Å². The molecule has 0 bridgehead atoms. The lowest BCUT2D eigenvalue weighted by Crippen LogP contribution is -2.33. The first-order valence-corrected chi connectivity index (χ1v) is 7.19. The van der Waals surface area contributed by atoms with Crippen LogP contribution in [0.5, 0.6) is 0 Å². The number of hydrogen-bond donors (Lipinski definition) is 2. The van der Waals surface area contributed by atoms with Crippen LogP contribution in [0.2, 0.25) is 0 Å². The van der Waals surface area contributed by atoms with E-state index in [2.05, 4.69) is 4.98 Å². The highest BCUT2D eigenvalue weighted by Gasteiger charge is 2.27. The van der Waals surface area contributed by atoms with E-state index in [1.807, 2.05) is 19.9 Å². The summed E-state index contributed by atoms with van der Waals surface area (Å²) < 4.78 is 0. The molecule has 1 amide bonds. The number of rotatable bonds is 2. The second-order valence-electron chi connectivity index (χ2n) is 5.77. The van der Waals surface area contributed by atoms with E-state index in [1.165, 1.54) is 0 Å². The number of aliphatic hydroxyl groups is 1. The molecule has 1 unspecified atom stereocenters.